The Bertz CT molecular complexity index is 1960. The van der Waals surface area contributed by atoms with Gasteiger partial charge in [-0.1, -0.05) is 95.9 Å². The van der Waals surface area contributed by atoms with E-state index in [2.05, 4.69) is 20.8 Å². The van der Waals surface area contributed by atoms with Gasteiger partial charge in [-0.05, 0) is 47.9 Å². The Morgan fingerprint density at radius 2 is 1.68 bits per heavy atom. The van der Waals surface area contributed by atoms with Crippen molar-refractivity contribution in [3.63, 3.8) is 0 Å². The number of ether oxygens (including phenoxy) is 3. The van der Waals surface area contributed by atoms with Gasteiger partial charge in [0.1, 0.15) is 26.8 Å². The smallest absolute Gasteiger partial charge is 0.356 e. The number of nitrogens with two attached hydrogens (primary N) is 1. The van der Waals surface area contributed by atoms with Crippen molar-refractivity contribution in [2.45, 2.75) is 53.3 Å². The highest BCUT2D eigenvalue weighted by Crippen LogP contribution is 2.54. The summed E-state index contributed by atoms with van der Waals surface area (Å²) in [6.45, 7) is 4.96. The second-order valence-electron chi connectivity index (χ2n) is 12.8. The standard InChI is InChI=1S/C34H35N7O8S4/c1-33(2,3)49-26(44)21(24(35)42)28-52-29(53-28)25(43)36-34(47-5)30(46)41-22(20(16-50-31(34)41)17-51-32-37-38-39-40(32)4)27(45)48-23(18-12-8-6-9-13-18)19-14-10-7-11-15-19/h6-15,23,29,31H,16-17H2,1-5H3,(H2,35,42)(H,36,43)/t29?,31?,34-/m0/s1. The highest BCUT2D eigenvalue weighted by molar-refractivity contribution is 8.39. The molecular formula is C34H35N7O8S4. The van der Waals surface area contributed by atoms with Crippen LogP contribution < -0.4 is 11.1 Å². The number of carbonyl (C=O) groups excluding carboxylic acids is 5. The van der Waals surface area contributed by atoms with Crippen LogP contribution in [-0.4, -0.2) is 94.7 Å². The molecule has 0 aliphatic carbocycles. The molecule has 2 saturated heterocycles. The summed E-state index contributed by atoms with van der Waals surface area (Å²) in [7, 11) is 2.99. The van der Waals surface area contributed by atoms with E-state index in [0.717, 1.165) is 34.7 Å². The maximum Gasteiger partial charge on any atom is 0.356 e. The van der Waals surface area contributed by atoms with Crippen molar-refractivity contribution in [3.05, 3.63) is 92.9 Å². The zero-order chi connectivity index (χ0) is 38.1. The molecule has 3 aromatic rings. The third-order valence-electron chi connectivity index (χ3n) is 8.02. The highest BCUT2D eigenvalue weighted by atomic mass is 32.3. The molecule has 53 heavy (non-hydrogen) atoms. The van der Waals surface area contributed by atoms with E-state index in [4.69, 9.17) is 19.9 Å². The molecule has 3 amide bonds. The van der Waals surface area contributed by atoms with E-state index < -0.39 is 57.0 Å². The number of nitrogens with zero attached hydrogens (tertiary/aromatic N) is 5. The van der Waals surface area contributed by atoms with Gasteiger partial charge < -0.3 is 25.3 Å². The van der Waals surface area contributed by atoms with E-state index in [1.807, 2.05) is 60.7 Å². The van der Waals surface area contributed by atoms with E-state index in [1.54, 1.807) is 27.8 Å². The molecule has 2 fully saturated rings. The van der Waals surface area contributed by atoms with Crippen molar-refractivity contribution < 1.29 is 38.2 Å². The number of rotatable bonds is 12. The molecule has 2 aromatic carbocycles. The minimum absolute atomic E-state index is 0.0428. The number of hydrogen-bond donors (Lipinski definition) is 2. The number of aromatic nitrogens is 4. The van der Waals surface area contributed by atoms with Crippen LogP contribution in [0, 0.1) is 0 Å². The number of thioether (sulfide) groups is 4. The lowest BCUT2D eigenvalue weighted by atomic mass is 9.98. The van der Waals surface area contributed by atoms with Crippen LogP contribution in [0.15, 0.2) is 86.9 Å². The van der Waals surface area contributed by atoms with Gasteiger partial charge in [-0.2, -0.15) is 0 Å². The predicted molar refractivity (Wildman–Crippen MR) is 199 cm³/mol. The third-order valence-corrected chi connectivity index (χ3v) is 13.3. The quantitative estimate of drug-likeness (QED) is 0.0515. The maximum absolute atomic E-state index is 14.4. The molecule has 4 heterocycles. The number of nitrogens with one attached hydrogen (secondary N) is 1. The van der Waals surface area contributed by atoms with Crippen molar-refractivity contribution in [2.75, 3.05) is 18.6 Å². The summed E-state index contributed by atoms with van der Waals surface area (Å²) in [5.74, 6) is -3.32. The molecule has 0 spiro atoms. The van der Waals surface area contributed by atoms with Crippen LogP contribution in [0.4, 0.5) is 0 Å². The number of carbonyl (C=O) groups is 5. The molecule has 0 radical (unpaired) electrons. The molecule has 15 nitrogen and oxygen atoms in total. The SMILES string of the molecule is CO[C@@]1(NC(=O)C2SC(=C(C(N)=O)C(=O)OC(C)(C)C)S2)C(=O)N2C(C(=O)OC(c3ccccc3)c3ccccc3)=C(CSc3nnnn3C)CSC21. The van der Waals surface area contributed by atoms with Gasteiger partial charge in [0, 0.05) is 25.7 Å². The Morgan fingerprint density at radius 1 is 1.06 bits per heavy atom. The summed E-state index contributed by atoms with van der Waals surface area (Å²) < 4.78 is 18.2. The Kier molecular flexibility index (Phi) is 11.3. The van der Waals surface area contributed by atoms with Crippen LogP contribution >= 0.6 is 47.0 Å². The third kappa shape index (κ3) is 7.84. The lowest BCUT2D eigenvalue weighted by Crippen LogP contribution is -2.81. The lowest BCUT2D eigenvalue weighted by Gasteiger charge is -2.56. The fourth-order valence-electron chi connectivity index (χ4n) is 5.57. The Morgan fingerprint density at radius 3 is 2.21 bits per heavy atom. The average molecular weight is 798 g/mol. The van der Waals surface area contributed by atoms with E-state index in [1.165, 1.54) is 40.2 Å². The van der Waals surface area contributed by atoms with Gasteiger partial charge in [-0.25, -0.2) is 14.3 Å². The molecule has 1 unspecified atom stereocenters. The van der Waals surface area contributed by atoms with Crippen molar-refractivity contribution in [1.29, 1.82) is 0 Å². The zero-order valence-corrected chi connectivity index (χ0v) is 32.4. The number of esters is 2. The van der Waals surface area contributed by atoms with Crippen LogP contribution in [0.3, 0.4) is 0 Å². The molecule has 3 aliphatic rings. The monoisotopic (exact) mass is 797 g/mol. The number of aryl methyl sites for hydroxylation is 1. The first-order valence-corrected chi connectivity index (χ1v) is 19.8. The summed E-state index contributed by atoms with van der Waals surface area (Å²) >= 11 is 4.49. The van der Waals surface area contributed by atoms with Crippen molar-refractivity contribution in [1.82, 2.24) is 30.4 Å². The van der Waals surface area contributed by atoms with E-state index >= 15 is 0 Å². The molecule has 3 aliphatic heterocycles. The zero-order valence-electron chi connectivity index (χ0n) is 29.1. The Labute approximate surface area is 321 Å². The first-order valence-electron chi connectivity index (χ1n) is 16.0. The fraction of sp³-hybridized carbons (Fsp3) is 0.353. The molecule has 1 aromatic heterocycles. The molecule has 0 saturated carbocycles. The first-order chi connectivity index (χ1) is 25.2. The van der Waals surface area contributed by atoms with E-state index in [0.29, 0.717) is 10.7 Å². The minimum atomic E-state index is -1.82. The molecule has 6 rings (SSSR count). The summed E-state index contributed by atoms with van der Waals surface area (Å²) in [6.07, 6.45) is -0.786. The summed E-state index contributed by atoms with van der Waals surface area (Å²) in [5.41, 5.74) is 4.55. The van der Waals surface area contributed by atoms with Crippen LogP contribution in [0.5, 0.6) is 0 Å². The number of benzene rings is 2. The Balaban J connectivity index is 1.26. The molecule has 2 atom stereocenters. The van der Waals surface area contributed by atoms with Gasteiger partial charge in [0.15, 0.2) is 6.10 Å². The summed E-state index contributed by atoms with van der Waals surface area (Å²) in [5, 5.41) is 14.0. The number of primary amides is 1. The second kappa shape index (κ2) is 15.6. The predicted octanol–water partition coefficient (Wildman–Crippen LogP) is 3.11. The number of β-lactam (4-membered cyclic amide) rings is 1. The van der Waals surface area contributed by atoms with Gasteiger partial charge in [0.05, 0.1) is 4.24 Å². The van der Waals surface area contributed by atoms with Crippen molar-refractivity contribution in [2.24, 2.45) is 12.8 Å². The first kappa shape index (κ1) is 38.4. The normalized spacial score (nSPS) is 21.0. The molecular weight excluding hydrogens is 763 g/mol. The van der Waals surface area contributed by atoms with Crippen molar-refractivity contribution in [3.8, 4) is 0 Å². The van der Waals surface area contributed by atoms with Crippen molar-refractivity contribution >= 4 is 76.7 Å². The minimum Gasteiger partial charge on any atom is -0.456 e. The highest BCUT2D eigenvalue weighted by Gasteiger charge is 2.67. The van der Waals surface area contributed by atoms with Crippen LogP contribution in [0.25, 0.3) is 0 Å². The average Bonchev–Trinajstić information content (AvgIpc) is 3.52. The molecule has 19 heteroatoms. The van der Waals surface area contributed by atoms with Crippen LogP contribution in [0.1, 0.15) is 38.0 Å². The lowest BCUT2D eigenvalue weighted by molar-refractivity contribution is -0.193. The van der Waals surface area contributed by atoms with Crippen LogP contribution in [0.2, 0.25) is 0 Å². The van der Waals surface area contributed by atoms with Gasteiger partial charge in [-0.15, -0.1) is 16.9 Å². The number of hydrogen-bond acceptors (Lipinski definition) is 15. The number of amides is 3. The largest absolute Gasteiger partial charge is 0.456 e. The molecule has 278 valence electrons. The number of methoxy groups -OCH3 is 1. The Hall–Kier alpha value is -4.30. The summed E-state index contributed by atoms with van der Waals surface area (Å²) in [6, 6.07) is 18.5. The topological polar surface area (TPSA) is 198 Å². The number of fused-ring (bicyclic) bond motifs is 1. The molecule has 3 N–H and O–H groups in total. The van der Waals surface area contributed by atoms with Crippen LogP contribution in [-0.2, 0) is 45.2 Å². The number of tetrazole rings is 1. The van der Waals surface area contributed by atoms with Gasteiger partial charge in [0.2, 0.25) is 11.1 Å². The van der Waals surface area contributed by atoms with E-state index in [-0.39, 0.29) is 27.0 Å². The van der Waals surface area contributed by atoms with Gasteiger partial charge >= 0.3 is 11.9 Å². The summed E-state index contributed by atoms with van der Waals surface area (Å²) in [4.78, 5) is 68.3. The van der Waals surface area contributed by atoms with E-state index in [9.17, 15) is 24.0 Å². The van der Waals surface area contributed by atoms with Gasteiger partial charge in [0.25, 0.3) is 17.5 Å². The van der Waals surface area contributed by atoms with Gasteiger partial charge in [-0.3, -0.25) is 19.3 Å². The second-order valence-corrected chi connectivity index (χ2v) is 17.6. The maximum atomic E-state index is 14.4. The molecule has 0 bridgehead atoms. The fourth-order valence-corrected chi connectivity index (χ4v) is 10.2.